The van der Waals surface area contributed by atoms with Gasteiger partial charge in [-0.15, -0.1) is 0 Å². The van der Waals surface area contributed by atoms with Crippen molar-refractivity contribution in [1.82, 2.24) is 10.2 Å². The number of hydrogen-bond donors (Lipinski definition) is 2. The molecular weight excluding hydrogens is 324 g/mol. The lowest BCUT2D eigenvalue weighted by atomic mass is 9.79. The van der Waals surface area contributed by atoms with Crippen molar-refractivity contribution in [3.05, 3.63) is 35.4 Å². The number of carbonyl (C=O) groups excluding carboxylic acids is 3. The largest absolute Gasteiger partial charge is 0.468 e. The zero-order chi connectivity index (χ0) is 18.4. The lowest BCUT2D eigenvalue weighted by molar-refractivity contribution is -0.156. The van der Waals surface area contributed by atoms with Crippen molar-refractivity contribution < 1.29 is 24.2 Å². The Hall–Kier alpha value is -2.25. The second kappa shape index (κ2) is 6.24. The molecule has 0 aromatic heterocycles. The van der Waals surface area contributed by atoms with Gasteiger partial charge in [-0.1, -0.05) is 29.8 Å². The average Bonchev–Trinajstić information content (AvgIpc) is 3.10. The van der Waals surface area contributed by atoms with E-state index in [1.807, 2.05) is 31.2 Å². The molecule has 25 heavy (non-hydrogen) atoms. The first-order valence-electron chi connectivity index (χ1n) is 8.30. The molecule has 2 fully saturated rings. The number of ether oxygens (including phenoxy) is 1. The minimum atomic E-state index is -1.62. The van der Waals surface area contributed by atoms with Crippen molar-refractivity contribution >= 4 is 17.8 Å². The number of benzene rings is 1. The van der Waals surface area contributed by atoms with Crippen LogP contribution in [0.25, 0.3) is 0 Å². The molecule has 2 heterocycles. The summed E-state index contributed by atoms with van der Waals surface area (Å²) in [6.45, 7) is 3.27. The van der Waals surface area contributed by atoms with Gasteiger partial charge in [0.15, 0.2) is 5.54 Å². The van der Waals surface area contributed by atoms with Crippen LogP contribution < -0.4 is 5.32 Å². The molecule has 2 saturated heterocycles. The predicted molar refractivity (Wildman–Crippen MR) is 88.3 cm³/mol. The number of nitrogens with zero attached hydrogens (tertiary/aromatic N) is 1. The van der Waals surface area contributed by atoms with Crippen LogP contribution in [0.2, 0.25) is 0 Å². The van der Waals surface area contributed by atoms with Gasteiger partial charge in [-0.2, -0.15) is 0 Å². The fraction of sp³-hybridized carbons (Fsp3) is 0.500. The van der Waals surface area contributed by atoms with Gasteiger partial charge in [0.2, 0.25) is 11.8 Å². The molecule has 0 bridgehead atoms. The molecule has 2 N–H and O–H groups in total. The smallest absolute Gasteiger partial charge is 0.329 e. The van der Waals surface area contributed by atoms with Gasteiger partial charge >= 0.3 is 5.97 Å². The highest BCUT2D eigenvalue weighted by molar-refractivity contribution is 6.09. The van der Waals surface area contributed by atoms with Crippen LogP contribution in [0.1, 0.15) is 24.1 Å². The van der Waals surface area contributed by atoms with Crippen LogP contribution >= 0.6 is 0 Å². The number of hydrogen-bond acceptors (Lipinski definition) is 6. The van der Waals surface area contributed by atoms with E-state index in [4.69, 9.17) is 4.74 Å². The standard InChI is InChI=1S/C18H22N2O5/c1-4-20-15(22)12-13(16(20)23)18(9-21,17(24)25-3)19-14(12)11-7-5-10(2)6-8-11/h5-8,12-14,19,21H,4,9H2,1-3H3. The number of aliphatic hydroxyl groups excluding tert-OH is 1. The predicted octanol–water partition coefficient (Wildman–Crippen LogP) is 0.165. The minimum absolute atomic E-state index is 0.230. The van der Waals surface area contributed by atoms with Gasteiger partial charge in [0, 0.05) is 12.6 Å². The van der Waals surface area contributed by atoms with Crippen molar-refractivity contribution in [2.75, 3.05) is 20.3 Å². The Morgan fingerprint density at radius 3 is 2.44 bits per heavy atom. The van der Waals surface area contributed by atoms with Gasteiger partial charge in [0.1, 0.15) is 0 Å². The second-order valence-electron chi connectivity index (χ2n) is 6.58. The summed E-state index contributed by atoms with van der Waals surface area (Å²) in [5, 5.41) is 13.0. The number of nitrogens with one attached hydrogen (secondary N) is 1. The van der Waals surface area contributed by atoms with Crippen LogP contribution in [0.5, 0.6) is 0 Å². The first kappa shape index (κ1) is 17.6. The van der Waals surface area contributed by atoms with Crippen molar-refractivity contribution in [1.29, 1.82) is 0 Å². The van der Waals surface area contributed by atoms with Crippen molar-refractivity contribution in [3.63, 3.8) is 0 Å². The second-order valence-corrected chi connectivity index (χ2v) is 6.58. The van der Waals surface area contributed by atoms with Gasteiger partial charge in [0.05, 0.1) is 25.6 Å². The average molecular weight is 346 g/mol. The van der Waals surface area contributed by atoms with E-state index in [2.05, 4.69) is 5.32 Å². The lowest BCUT2D eigenvalue weighted by Gasteiger charge is -2.30. The zero-order valence-electron chi connectivity index (χ0n) is 14.5. The number of esters is 1. The molecule has 2 aliphatic rings. The molecule has 2 aliphatic heterocycles. The maximum atomic E-state index is 12.8. The molecule has 4 atom stereocenters. The third-order valence-electron chi connectivity index (χ3n) is 5.30. The van der Waals surface area contributed by atoms with Crippen LogP contribution in [0.15, 0.2) is 24.3 Å². The van der Waals surface area contributed by atoms with E-state index in [1.54, 1.807) is 6.92 Å². The summed E-state index contributed by atoms with van der Waals surface area (Å²) >= 11 is 0. The molecule has 2 amide bonds. The molecule has 7 nitrogen and oxygen atoms in total. The molecule has 0 spiro atoms. The number of amides is 2. The number of rotatable bonds is 4. The Balaban J connectivity index is 2.13. The number of likely N-dealkylation sites (tertiary alicyclic amines) is 1. The highest BCUT2D eigenvalue weighted by atomic mass is 16.5. The van der Waals surface area contributed by atoms with Crippen molar-refractivity contribution in [2.24, 2.45) is 11.8 Å². The lowest BCUT2D eigenvalue weighted by Crippen LogP contribution is -2.58. The van der Waals surface area contributed by atoms with E-state index in [-0.39, 0.29) is 12.5 Å². The molecule has 4 unspecified atom stereocenters. The maximum absolute atomic E-state index is 12.8. The van der Waals surface area contributed by atoms with Gasteiger partial charge in [-0.05, 0) is 19.4 Å². The van der Waals surface area contributed by atoms with Gasteiger partial charge in [0.25, 0.3) is 0 Å². The summed E-state index contributed by atoms with van der Waals surface area (Å²) in [5.41, 5.74) is 0.230. The third kappa shape index (κ3) is 2.38. The van der Waals surface area contributed by atoms with Gasteiger partial charge in [-0.25, -0.2) is 4.79 Å². The van der Waals surface area contributed by atoms with E-state index in [9.17, 15) is 19.5 Å². The number of methoxy groups -OCH3 is 1. The van der Waals surface area contributed by atoms with E-state index in [0.717, 1.165) is 16.0 Å². The Labute approximate surface area is 146 Å². The van der Waals surface area contributed by atoms with Crippen molar-refractivity contribution in [2.45, 2.75) is 25.4 Å². The van der Waals surface area contributed by atoms with Crippen molar-refractivity contribution in [3.8, 4) is 0 Å². The fourth-order valence-corrected chi connectivity index (χ4v) is 4.01. The molecule has 0 radical (unpaired) electrons. The van der Waals surface area contributed by atoms with E-state index in [1.165, 1.54) is 7.11 Å². The van der Waals surface area contributed by atoms with Crippen LogP contribution in [0, 0.1) is 18.8 Å². The first-order chi connectivity index (χ1) is 11.9. The fourth-order valence-electron chi connectivity index (χ4n) is 4.01. The molecule has 1 aromatic rings. The number of aryl methyl sites for hydroxylation is 1. The molecule has 1 aromatic carbocycles. The van der Waals surface area contributed by atoms with E-state index < -0.39 is 41.9 Å². The summed E-state index contributed by atoms with van der Waals surface area (Å²) in [4.78, 5) is 39.2. The number of aliphatic hydroxyl groups is 1. The number of fused-ring (bicyclic) bond motifs is 1. The third-order valence-corrected chi connectivity index (χ3v) is 5.30. The highest BCUT2D eigenvalue weighted by Gasteiger charge is 2.68. The first-order valence-corrected chi connectivity index (χ1v) is 8.30. The van der Waals surface area contributed by atoms with Gasteiger partial charge < -0.3 is 9.84 Å². The van der Waals surface area contributed by atoms with Crippen LogP contribution in [0.3, 0.4) is 0 Å². The minimum Gasteiger partial charge on any atom is -0.468 e. The van der Waals surface area contributed by atoms with E-state index >= 15 is 0 Å². The molecule has 134 valence electrons. The monoisotopic (exact) mass is 346 g/mol. The molecule has 0 saturated carbocycles. The molecular formula is C18H22N2O5. The van der Waals surface area contributed by atoms with Gasteiger partial charge in [-0.3, -0.25) is 19.8 Å². The number of carbonyl (C=O) groups is 3. The Kier molecular flexibility index (Phi) is 4.38. The van der Waals surface area contributed by atoms with Crippen LogP contribution in [-0.2, 0) is 19.1 Å². The molecule has 0 aliphatic carbocycles. The van der Waals surface area contributed by atoms with Crippen LogP contribution in [-0.4, -0.2) is 53.6 Å². The number of imide groups is 1. The normalized spacial score (nSPS) is 31.4. The Bertz CT molecular complexity index is 717. The molecule has 3 rings (SSSR count). The highest BCUT2D eigenvalue weighted by Crippen LogP contribution is 2.48. The summed E-state index contributed by atoms with van der Waals surface area (Å²) in [5.74, 6) is -3.24. The summed E-state index contributed by atoms with van der Waals surface area (Å²) in [6, 6.07) is 6.98. The zero-order valence-corrected chi connectivity index (χ0v) is 14.5. The van der Waals surface area contributed by atoms with Crippen LogP contribution in [0.4, 0.5) is 0 Å². The summed E-state index contributed by atoms with van der Waals surface area (Å²) in [6.07, 6.45) is 0. The Morgan fingerprint density at radius 1 is 1.28 bits per heavy atom. The Morgan fingerprint density at radius 2 is 1.92 bits per heavy atom. The van der Waals surface area contributed by atoms with E-state index in [0.29, 0.717) is 0 Å². The quantitative estimate of drug-likeness (QED) is 0.596. The molecule has 7 heteroatoms. The summed E-state index contributed by atoms with van der Waals surface area (Å²) in [7, 11) is 1.20. The topological polar surface area (TPSA) is 95.9 Å². The summed E-state index contributed by atoms with van der Waals surface area (Å²) < 4.78 is 4.85. The maximum Gasteiger partial charge on any atom is 0.329 e. The SMILES string of the molecule is CCN1C(=O)C2C(c3ccc(C)cc3)NC(CO)(C(=O)OC)C2C1=O.